The van der Waals surface area contributed by atoms with Crippen LogP contribution in [-0.4, -0.2) is 14.2 Å². The zero-order valence-corrected chi connectivity index (χ0v) is 11.9. The molecule has 1 rings (SSSR count). The van der Waals surface area contributed by atoms with Gasteiger partial charge in [0.05, 0.1) is 34.3 Å². The van der Waals surface area contributed by atoms with Crippen LogP contribution in [0, 0.1) is 24.7 Å². The molecular formula is C12H8Br2O2. The summed E-state index contributed by atoms with van der Waals surface area (Å²) in [4.78, 5) is 0. The van der Waals surface area contributed by atoms with Gasteiger partial charge in [0.1, 0.15) is 0 Å². The summed E-state index contributed by atoms with van der Waals surface area (Å²) in [6, 6.07) is 0. The molecule has 0 bridgehead atoms. The van der Waals surface area contributed by atoms with E-state index in [1.54, 1.807) is 0 Å². The first-order valence-electron chi connectivity index (χ1n) is 4.18. The van der Waals surface area contributed by atoms with Gasteiger partial charge in [0.15, 0.2) is 11.5 Å². The number of halogens is 2. The summed E-state index contributed by atoms with van der Waals surface area (Å²) < 4.78 is 11.7. The van der Waals surface area contributed by atoms with Gasteiger partial charge in [0.2, 0.25) is 0 Å². The van der Waals surface area contributed by atoms with Crippen molar-refractivity contribution in [2.45, 2.75) is 0 Å². The number of methoxy groups -OCH3 is 2. The maximum absolute atomic E-state index is 5.42. The van der Waals surface area contributed by atoms with Crippen LogP contribution in [0.15, 0.2) is 8.95 Å². The van der Waals surface area contributed by atoms with Crippen LogP contribution < -0.4 is 9.47 Å². The van der Waals surface area contributed by atoms with E-state index in [0.29, 0.717) is 31.6 Å². The molecule has 0 atom stereocenters. The highest BCUT2D eigenvalue weighted by atomic mass is 79.9. The van der Waals surface area contributed by atoms with Gasteiger partial charge in [0.25, 0.3) is 0 Å². The van der Waals surface area contributed by atoms with E-state index < -0.39 is 0 Å². The van der Waals surface area contributed by atoms with E-state index >= 15 is 0 Å². The van der Waals surface area contributed by atoms with E-state index in [0.717, 1.165) is 0 Å². The average molecular weight is 344 g/mol. The Kier molecular flexibility index (Phi) is 4.29. The molecule has 0 aliphatic rings. The van der Waals surface area contributed by atoms with Crippen LogP contribution in [0.1, 0.15) is 11.1 Å². The standard InChI is InChI=1S/C12H8Br2O2/c1-5-7-9(13)12(16-4)8(6-2)10(14)11(7)15-3/h1-2H,3-4H3. The SMILES string of the molecule is C#Cc1c(Br)c(OC)c(C#C)c(Br)c1OC. The average Bonchev–Trinajstić information content (AvgIpc) is 2.30. The molecule has 0 heterocycles. The van der Waals surface area contributed by atoms with Crippen LogP contribution in [-0.2, 0) is 0 Å². The fourth-order valence-electron chi connectivity index (χ4n) is 1.29. The predicted molar refractivity (Wildman–Crippen MR) is 70.8 cm³/mol. The van der Waals surface area contributed by atoms with Gasteiger partial charge in [-0.25, -0.2) is 0 Å². The molecule has 0 aliphatic heterocycles. The Balaban J connectivity index is 3.78. The smallest absolute Gasteiger partial charge is 0.151 e. The first-order chi connectivity index (χ1) is 7.62. The number of benzene rings is 1. The molecule has 2 nitrogen and oxygen atoms in total. The summed E-state index contributed by atoms with van der Waals surface area (Å²) >= 11 is 6.71. The van der Waals surface area contributed by atoms with Crippen LogP contribution in [0.3, 0.4) is 0 Å². The molecule has 0 fully saturated rings. The largest absolute Gasteiger partial charge is 0.494 e. The minimum atomic E-state index is 0.517. The monoisotopic (exact) mass is 342 g/mol. The van der Waals surface area contributed by atoms with Crippen molar-refractivity contribution in [2.24, 2.45) is 0 Å². The molecule has 16 heavy (non-hydrogen) atoms. The van der Waals surface area contributed by atoms with E-state index in [9.17, 15) is 0 Å². The molecule has 1 aromatic carbocycles. The fourth-order valence-corrected chi connectivity index (χ4v) is 2.60. The highest BCUT2D eigenvalue weighted by Crippen LogP contribution is 2.44. The third-order valence-electron chi connectivity index (χ3n) is 1.99. The minimum absolute atomic E-state index is 0.517. The molecule has 0 saturated carbocycles. The van der Waals surface area contributed by atoms with Gasteiger partial charge in [-0.15, -0.1) is 12.8 Å². The molecular weight excluding hydrogens is 336 g/mol. The predicted octanol–water partition coefficient (Wildman–Crippen LogP) is 3.19. The molecule has 4 heteroatoms. The van der Waals surface area contributed by atoms with Crippen molar-refractivity contribution < 1.29 is 9.47 Å². The lowest BCUT2D eigenvalue weighted by Crippen LogP contribution is -1.98. The molecule has 0 amide bonds. The summed E-state index contributed by atoms with van der Waals surface area (Å²) in [5, 5.41) is 0. The molecule has 1 aromatic rings. The Morgan fingerprint density at radius 1 is 0.875 bits per heavy atom. The van der Waals surface area contributed by atoms with Gasteiger partial charge < -0.3 is 9.47 Å². The van der Waals surface area contributed by atoms with Crippen LogP contribution in [0.4, 0.5) is 0 Å². The maximum atomic E-state index is 5.42. The fraction of sp³-hybridized carbons (Fsp3) is 0.167. The molecule has 0 unspecified atom stereocenters. The first kappa shape index (κ1) is 13.0. The second-order valence-corrected chi connectivity index (χ2v) is 4.32. The lowest BCUT2D eigenvalue weighted by molar-refractivity contribution is 0.396. The van der Waals surface area contributed by atoms with Crippen molar-refractivity contribution >= 4 is 31.9 Å². The van der Waals surface area contributed by atoms with Gasteiger partial charge in [-0.3, -0.25) is 0 Å². The Morgan fingerprint density at radius 3 is 1.38 bits per heavy atom. The maximum Gasteiger partial charge on any atom is 0.151 e. The van der Waals surface area contributed by atoms with E-state index in [2.05, 4.69) is 43.7 Å². The second kappa shape index (κ2) is 5.30. The summed E-state index contributed by atoms with van der Waals surface area (Å²) in [6.45, 7) is 0. The van der Waals surface area contributed by atoms with Crippen LogP contribution in [0.25, 0.3) is 0 Å². The number of hydrogen-bond acceptors (Lipinski definition) is 2. The molecule has 0 N–H and O–H groups in total. The molecule has 0 spiro atoms. The van der Waals surface area contributed by atoms with Crippen molar-refractivity contribution in [2.75, 3.05) is 14.2 Å². The number of ether oxygens (including phenoxy) is 2. The quantitative estimate of drug-likeness (QED) is 0.768. The first-order valence-corrected chi connectivity index (χ1v) is 5.77. The normalized spacial score (nSPS) is 9.12. The third kappa shape index (κ3) is 1.91. The topological polar surface area (TPSA) is 18.5 Å². The lowest BCUT2D eigenvalue weighted by atomic mass is 10.1. The van der Waals surface area contributed by atoms with E-state index in [1.165, 1.54) is 14.2 Å². The highest BCUT2D eigenvalue weighted by molar-refractivity contribution is 9.11. The number of terminal acetylenes is 2. The Hall–Kier alpha value is -1.10. The zero-order chi connectivity index (χ0) is 12.3. The molecule has 0 saturated heterocycles. The molecule has 0 aliphatic carbocycles. The second-order valence-electron chi connectivity index (χ2n) is 2.73. The lowest BCUT2D eigenvalue weighted by Gasteiger charge is -2.14. The van der Waals surface area contributed by atoms with Crippen molar-refractivity contribution in [1.82, 2.24) is 0 Å². The minimum Gasteiger partial charge on any atom is -0.494 e. The van der Waals surface area contributed by atoms with Gasteiger partial charge in [-0.2, -0.15) is 0 Å². The van der Waals surface area contributed by atoms with Crippen molar-refractivity contribution in [3.63, 3.8) is 0 Å². The number of hydrogen-bond donors (Lipinski definition) is 0. The van der Waals surface area contributed by atoms with Crippen molar-refractivity contribution in [1.29, 1.82) is 0 Å². The van der Waals surface area contributed by atoms with Gasteiger partial charge in [0, 0.05) is 0 Å². The Morgan fingerprint density at radius 2 is 1.19 bits per heavy atom. The Labute approximate surface area is 112 Å². The molecule has 0 aromatic heterocycles. The van der Waals surface area contributed by atoms with E-state index in [4.69, 9.17) is 22.3 Å². The highest BCUT2D eigenvalue weighted by Gasteiger charge is 2.20. The number of rotatable bonds is 2. The van der Waals surface area contributed by atoms with E-state index in [-0.39, 0.29) is 0 Å². The summed E-state index contributed by atoms with van der Waals surface area (Å²) in [5.74, 6) is 6.10. The van der Waals surface area contributed by atoms with Crippen LogP contribution >= 0.6 is 31.9 Å². The van der Waals surface area contributed by atoms with Gasteiger partial charge >= 0.3 is 0 Å². The van der Waals surface area contributed by atoms with Crippen molar-refractivity contribution in [3.05, 3.63) is 20.1 Å². The zero-order valence-electron chi connectivity index (χ0n) is 8.73. The molecule has 0 radical (unpaired) electrons. The van der Waals surface area contributed by atoms with Crippen LogP contribution in [0.2, 0.25) is 0 Å². The summed E-state index contributed by atoms with van der Waals surface area (Å²) in [6.07, 6.45) is 10.8. The molecule has 82 valence electrons. The van der Waals surface area contributed by atoms with Gasteiger partial charge in [-0.05, 0) is 31.9 Å². The third-order valence-corrected chi connectivity index (χ3v) is 3.50. The summed E-state index contributed by atoms with van der Waals surface area (Å²) in [5.41, 5.74) is 1.12. The summed E-state index contributed by atoms with van der Waals surface area (Å²) in [7, 11) is 3.06. The van der Waals surface area contributed by atoms with Gasteiger partial charge in [-0.1, -0.05) is 11.8 Å². The van der Waals surface area contributed by atoms with Crippen molar-refractivity contribution in [3.8, 4) is 36.2 Å². The van der Waals surface area contributed by atoms with E-state index in [1.807, 2.05) is 0 Å². The Bertz CT molecular complexity index is 460. The van der Waals surface area contributed by atoms with Crippen LogP contribution in [0.5, 0.6) is 11.5 Å².